The van der Waals surface area contributed by atoms with Crippen molar-refractivity contribution in [2.75, 3.05) is 38.4 Å². The van der Waals surface area contributed by atoms with E-state index in [0.29, 0.717) is 13.0 Å². The fourth-order valence-corrected chi connectivity index (χ4v) is 2.24. The van der Waals surface area contributed by atoms with Gasteiger partial charge in [-0.1, -0.05) is 17.9 Å². The van der Waals surface area contributed by atoms with Crippen LogP contribution in [0.15, 0.2) is 24.3 Å². The molecule has 0 fully saturated rings. The van der Waals surface area contributed by atoms with E-state index in [1.165, 1.54) is 0 Å². The standard InChI is InChI=1S/C16H22O3S/c1-18-10-5-12-20-13-11-19-16-8-4-7-15(14-16)6-2-3-9-17/h4,7-8,14,17H,3,5,9-13H2,1H3. The normalized spacial score (nSPS) is 9.90. The average Bonchev–Trinajstić information content (AvgIpc) is 2.47. The lowest BCUT2D eigenvalue weighted by Crippen LogP contribution is -2.01. The van der Waals surface area contributed by atoms with Crippen LogP contribution in [0.25, 0.3) is 0 Å². The summed E-state index contributed by atoms with van der Waals surface area (Å²) in [5.74, 6) is 8.83. The van der Waals surface area contributed by atoms with Crippen molar-refractivity contribution < 1.29 is 14.6 Å². The third-order valence-electron chi connectivity index (χ3n) is 2.44. The van der Waals surface area contributed by atoms with Crippen molar-refractivity contribution in [2.24, 2.45) is 0 Å². The van der Waals surface area contributed by atoms with Gasteiger partial charge in [0.25, 0.3) is 0 Å². The van der Waals surface area contributed by atoms with Crippen LogP contribution in [0.4, 0.5) is 0 Å². The summed E-state index contributed by atoms with van der Waals surface area (Å²) < 4.78 is 10.7. The highest BCUT2D eigenvalue weighted by molar-refractivity contribution is 7.99. The van der Waals surface area contributed by atoms with Gasteiger partial charge in [-0.15, -0.1) is 0 Å². The van der Waals surface area contributed by atoms with Crippen molar-refractivity contribution in [3.8, 4) is 17.6 Å². The predicted molar refractivity (Wildman–Crippen MR) is 84.3 cm³/mol. The lowest BCUT2D eigenvalue weighted by Gasteiger charge is -2.06. The summed E-state index contributed by atoms with van der Waals surface area (Å²) in [5, 5.41) is 8.68. The second-order valence-electron chi connectivity index (χ2n) is 4.11. The summed E-state index contributed by atoms with van der Waals surface area (Å²) in [4.78, 5) is 0. The van der Waals surface area contributed by atoms with Crippen LogP contribution in [0.1, 0.15) is 18.4 Å². The summed E-state index contributed by atoms with van der Waals surface area (Å²) in [6.45, 7) is 1.62. The Hall–Kier alpha value is -1.15. The molecule has 0 aliphatic rings. The molecular formula is C16H22O3S. The molecule has 0 aromatic heterocycles. The second kappa shape index (κ2) is 11.7. The van der Waals surface area contributed by atoms with E-state index in [4.69, 9.17) is 14.6 Å². The van der Waals surface area contributed by atoms with E-state index in [9.17, 15) is 0 Å². The van der Waals surface area contributed by atoms with Crippen LogP contribution < -0.4 is 4.74 Å². The number of aliphatic hydroxyl groups excluding tert-OH is 1. The number of hydrogen-bond donors (Lipinski definition) is 1. The summed E-state index contributed by atoms with van der Waals surface area (Å²) in [6.07, 6.45) is 1.58. The number of methoxy groups -OCH3 is 1. The molecule has 0 radical (unpaired) electrons. The van der Waals surface area contributed by atoms with Gasteiger partial charge in [0.2, 0.25) is 0 Å². The molecule has 1 rings (SSSR count). The SMILES string of the molecule is COCCCSCCOc1cccc(C#CCCO)c1. The first-order chi connectivity index (χ1) is 9.86. The van der Waals surface area contributed by atoms with Gasteiger partial charge in [0.05, 0.1) is 13.2 Å². The zero-order chi connectivity index (χ0) is 14.5. The Kier molecular flexibility index (Phi) is 9.85. The minimum Gasteiger partial charge on any atom is -0.493 e. The smallest absolute Gasteiger partial charge is 0.120 e. The molecule has 1 N–H and O–H groups in total. The minimum atomic E-state index is 0.101. The molecule has 0 amide bonds. The van der Waals surface area contributed by atoms with Gasteiger partial charge in [-0.05, 0) is 30.4 Å². The molecule has 0 atom stereocenters. The Balaban J connectivity index is 2.23. The van der Waals surface area contributed by atoms with E-state index in [-0.39, 0.29) is 6.61 Å². The summed E-state index contributed by atoms with van der Waals surface area (Å²) in [6, 6.07) is 7.74. The molecule has 0 aliphatic carbocycles. The zero-order valence-corrected chi connectivity index (χ0v) is 12.7. The van der Waals surface area contributed by atoms with Crippen molar-refractivity contribution in [3.63, 3.8) is 0 Å². The Morgan fingerprint density at radius 2 is 2.15 bits per heavy atom. The average molecular weight is 294 g/mol. The van der Waals surface area contributed by atoms with Crippen LogP contribution in [-0.2, 0) is 4.74 Å². The van der Waals surface area contributed by atoms with Crippen LogP contribution in [0.5, 0.6) is 5.75 Å². The molecule has 20 heavy (non-hydrogen) atoms. The molecule has 0 heterocycles. The van der Waals surface area contributed by atoms with Gasteiger partial charge in [0.1, 0.15) is 5.75 Å². The fraction of sp³-hybridized carbons (Fsp3) is 0.500. The molecular weight excluding hydrogens is 272 g/mol. The van der Waals surface area contributed by atoms with Gasteiger partial charge >= 0.3 is 0 Å². The number of aliphatic hydroxyl groups is 1. The highest BCUT2D eigenvalue weighted by Gasteiger charge is 1.96. The van der Waals surface area contributed by atoms with E-state index in [1.807, 2.05) is 36.0 Å². The molecule has 3 nitrogen and oxygen atoms in total. The predicted octanol–water partition coefficient (Wildman–Crippen LogP) is 2.57. The van der Waals surface area contributed by atoms with Crippen molar-refractivity contribution in [2.45, 2.75) is 12.8 Å². The first-order valence-corrected chi connectivity index (χ1v) is 7.91. The van der Waals surface area contributed by atoms with Gasteiger partial charge in [-0.2, -0.15) is 11.8 Å². The first-order valence-electron chi connectivity index (χ1n) is 6.76. The molecule has 0 bridgehead atoms. The largest absolute Gasteiger partial charge is 0.493 e. The lowest BCUT2D eigenvalue weighted by molar-refractivity contribution is 0.200. The summed E-state index contributed by atoms with van der Waals surface area (Å²) in [7, 11) is 1.73. The number of rotatable bonds is 9. The molecule has 1 aromatic rings. The summed E-state index contributed by atoms with van der Waals surface area (Å²) >= 11 is 1.87. The maximum Gasteiger partial charge on any atom is 0.120 e. The van der Waals surface area contributed by atoms with Gasteiger partial charge in [-0.25, -0.2) is 0 Å². The molecule has 4 heteroatoms. The van der Waals surface area contributed by atoms with Gasteiger partial charge in [0.15, 0.2) is 0 Å². The van der Waals surface area contributed by atoms with Crippen LogP contribution in [0, 0.1) is 11.8 Å². The van der Waals surface area contributed by atoms with Crippen molar-refractivity contribution in [1.82, 2.24) is 0 Å². The Morgan fingerprint density at radius 3 is 2.95 bits per heavy atom. The Bertz CT molecular complexity index is 423. The molecule has 0 aliphatic heterocycles. The van der Waals surface area contributed by atoms with Crippen LogP contribution in [-0.4, -0.2) is 43.5 Å². The van der Waals surface area contributed by atoms with Gasteiger partial charge in [0, 0.05) is 31.5 Å². The molecule has 110 valence electrons. The number of thioether (sulfide) groups is 1. The monoisotopic (exact) mass is 294 g/mol. The van der Waals surface area contributed by atoms with Crippen LogP contribution >= 0.6 is 11.8 Å². The minimum absolute atomic E-state index is 0.101. The molecule has 0 saturated heterocycles. The zero-order valence-electron chi connectivity index (χ0n) is 11.9. The number of ether oxygens (including phenoxy) is 2. The highest BCUT2D eigenvalue weighted by atomic mass is 32.2. The van der Waals surface area contributed by atoms with Gasteiger partial charge < -0.3 is 14.6 Å². The second-order valence-corrected chi connectivity index (χ2v) is 5.34. The molecule has 0 unspecified atom stereocenters. The van der Waals surface area contributed by atoms with Crippen LogP contribution in [0.3, 0.4) is 0 Å². The van der Waals surface area contributed by atoms with E-state index < -0.39 is 0 Å². The lowest BCUT2D eigenvalue weighted by atomic mass is 10.2. The number of benzene rings is 1. The van der Waals surface area contributed by atoms with E-state index >= 15 is 0 Å². The van der Waals surface area contributed by atoms with Crippen LogP contribution in [0.2, 0.25) is 0 Å². The Morgan fingerprint density at radius 1 is 1.25 bits per heavy atom. The first kappa shape index (κ1) is 16.9. The van der Waals surface area contributed by atoms with Crippen molar-refractivity contribution in [3.05, 3.63) is 29.8 Å². The summed E-state index contributed by atoms with van der Waals surface area (Å²) in [5.41, 5.74) is 0.920. The quantitative estimate of drug-likeness (QED) is 0.561. The van der Waals surface area contributed by atoms with Crippen molar-refractivity contribution >= 4 is 11.8 Å². The molecule has 0 spiro atoms. The third-order valence-corrected chi connectivity index (χ3v) is 3.47. The molecule has 1 aromatic carbocycles. The number of hydrogen-bond acceptors (Lipinski definition) is 4. The maximum absolute atomic E-state index is 8.68. The Labute approximate surface area is 125 Å². The van der Waals surface area contributed by atoms with Gasteiger partial charge in [-0.3, -0.25) is 0 Å². The van der Waals surface area contributed by atoms with Crippen molar-refractivity contribution in [1.29, 1.82) is 0 Å². The maximum atomic E-state index is 8.68. The third kappa shape index (κ3) is 8.11. The molecule has 0 saturated carbocycles. The van der Waals surface area contributed by atoms with E-state index in [1.54, 1.807) is 7.11 Å². The van der Waals surface area contributed by atoms with E-state index in [0.717, 1.165) is 35.8 Å². The topological polar surface area (TPSA) is 38.7 Å². The highest BCUT2D eigenvalue weighted by Crippen LogP contribution is 2.13. The van der Waals surface area contributed by atoms with E-state index in [2.05, 4.69) is 11.8 Å². The fourth-order valence-electron chi connectivity index (χ4n) is 1.51.